The number of rotatable bonds is 4. The highest BCUT2D eigenvalue weighted by molar-refractivity contribution is 5.92. The number of aromatic nitrogens is 3. The molecule has 2 N–H and O–H groups in total. The SMILES string of the molecule is Cn1cccc1C(=O)N[C@H]1CC[C@@H](Nc2cccc3nc(C(F)(F)F)cn23)CC1. The zero-order chi connectivity index (χ0) is 20.6. The fourth-order valence-electron chi connectivity index (χ4n) is 3.81. The van der Waals surface area contributed by atoms with Gasteiger partial charge in [0.2, 0.25) is 0 Å². The van der Waals surface area contributed by atoms with Crippen LogP contribution in [0, 0.1) is 0 Å². The summed E-state index contributed by atoms with van der Waals surface area (Å²) in [5.41, 5.74) is -0.0257. The first-order valence-electron chi connectivity index (χ1n) is 9.55. The predicted octanol–water partition coefficient (Wildman–Crippen LogP) is 3.84. The first-order valence-corrected chi connectivity index (χ1v) is 9.55. The molecule has 0 aliphatic heterocycles. The molecule has 154 valence electrons. The van der Waals surface area contributed by atoms with Gasteiger partial charge >= 0.3 is 6.18 Å². The number of anilines is 1. The van der Waals surface area contributed by atoms with Crippen molar-refractivity contribution in [2.75, 3.05) is 5.32 Å². The zero-order valence-corrected chi connectivity index (χ0v) is 15.9. The van der Waals surface area contributed by atoms with Crippen molar-refractivity contribution in [2.24, 2.45) is 7.05 Å². The van der Waals surface area contributed by atoms with E-state index in [1.54, 1.807) is 28.8 Å². The highest BCUT2D eigenvalue weighted by Gasteiger charge is 2.34. The van der Waals surface area contributed by atoms with Crippen LogP contribution in [0.15, 0.2) is 42.7 Å². The number of imidazole rings is 1. The Morgan fingerprint density at radius 1 is 1.10 bits per heavy atom. The summed E-state index contributed by atoms with van der Waals surface area (Å²) >= 11 is 0. The topological polar surface area (TPSA) is 63.4 Å². The molecule has 0 aromatic carbocycles. The third-order valence-corrected chi connectivity index (χ3v) is 5.37. The molecule has 6 nitrogen and oxygen atoms in total. The minimum atomic E-state index is -4.47. The van der Waals surface area contributed by atoms with Crippen molar-refractivity contribution in [3.8, 4) is 0 Å². The lowest BCUT2D eigenvalue weighted by Crippen LogP contribution is -2.40. The minimum Gasteiger partial charge on any atom is -0.368 e. The number of carbonyl (C=O) groups excluding carboxylic acids is 1. The van der Waals surface area contributed by atoms with Gasteiger partial charge in [0, 0.05) is 31.5 Å². The molecule has 0 saturated heterocycles. The van der Waals surface area contributed by atoms with E-state index in [-0.39, 0.29) is 23.6 Å². The Morgan fingerprint density at radius 3 is 2.48 bits per heavy atom. The average Bonchev–Trinajstić information content (AvgIpc) is 3.30. The molecule has 0 bridgehead atoms. The van der Waals surface area contributed by atoms with Crippen molar-refractivity contribution >= 4 is 17.4 Å². The molecule has 3 aromatic rings. The third-order valence-electron chi connectivity index (χ3n) is 5.37. The second-order valence-electron chi connectivity index (χ2n) is 7.43. The number of hydrogen-bond donors (Lipinski definition) is 2. The van der Waals surface area contributed by atoms with Crippen LogP contribution >= 0.6 is 0 Å². The summed E-state index contributed by atoms with van der Waals surface area (Å²) in [5, 5.41) is 6.41. The number of pyridine rings is 1. The highest BCUT2D eigenvalue weighted by atomic mass is 19.4. The molecule has 1 aliphatic rings. The number of halogens is 3. The van der Waals surface area contributed by atoms with Crippen LogP contribution in [0.25, 0.3) is 5.65 Å². The Morgan fingerprint density at radius 2 is 1.83 bits per heavy atom. The smallest absolute Gasteiger partial charge is 0.368 e. The molecule has 1 fully saturated rings. The molecule has 9 heteroatoms. The third kappa shape index (κ3) is 4.08. The van der Waals surface area contributed by atoms with E-state index in [0.717, 1.165) is 31.9 Å². The molecule has 0 unspecified atom stereocenters. The van der Waals surface area contributed by atoms with Gasteiger partial charge in [-0.3, -0.25) is 9.20 Å². The maximum absolute atomic E-state index is 13.0. The zero-order valence-electron chi connectivity index (χ0n) is 15.9. The number of aryl methyl sites for hydroxylation is 1. The average molecular weight is 405 g/mol. The molecule has 3 heterocycles. The number of amides is 1. The van der Waals surface area contributed by atoms with Gasteiger partial charge in [0.15, 0.2) is 5.69 Å². The molecule has 1 amide bonds. The Bertz CT molecular complexity index is 1010. The molecule has 1 aliphatic carbocycles. The van der Waals surface area contributed by atoms with Crippen LogP contribution in [0.2, 0.25) is 0 Å². The van der Waals surface area contributed by atoms with E-state index in [9.17, 15) is 18.0 Å². The van der Waals surface area contributed by atoms with Crippen LogP contribution in [0.1, 0.15) is 41.9 Å². The quantitative estimate of drug-likeness (QED) is 0.693. The lowest BCUT2D eigenvalue weighted by Gasteiger charge is -2.30. The van der Waals surface area contributed by atoms with Gasteiger partial charge in [-0.05, 0) is 49.9 Å². The summed E-state index contributed by atoms with van der Waals surface area (Å²) in [6, 6.07) is 8.82. The van der Waals surface area contributed by atoms with Crippen molar-refractivity contribution in [2.45, 2.75) is 43.9 Å². The van der Waals surface area contributed by atoms with Crippen molar-refractivity contribution < 1.29 is 18.0 Å². The Hall–Kier alpha value is -2.97. The van der Waals surface area contributed by atoms with Gasteiger partial charge in [-0.25, -0.2) is 4.98 Å². The fraction of sp³-hybridized carbons (Fsp3) is 0.400. The van der Waals surface area contributed by atoms with Crippen molar-refractivity contribution in [1.29, 1.82) is 0 Å². The Labute approximate surface area is 165 Å². The van der Waals surface area contributed by atoms with E-state index < -0.39 is 11.9 Å². The van der Waals surface area contributed by atoms with Crippen LogP contribution in [0.4, 0.5) is 19.0 Å². The molecule has 4 rings (SSSR count). The van der Waals surface area contributed by atoms with Gasteiger partial charge in [0.05, 0.1) is 0 Å². The number of hydrogen-bond acceptors (Lipinski definition) is 3. The number of fused-ring (bicyclic) bond motifs is 1. The van der Waals surface area contributed by atoms with Crippen LogP contribution in [-0.2, 0) is 13.2 Å². The standard InChI is InChI=1S/C20H22F3N5O/c1-27-11-3-4-15(27)19(29)25-14-9-7-13(8-10-14)24-17-5-2-6-18-26-16(12-28(17)18)20(21,22)23/h2-6,11-14,24H,7-10H2,1H3,(H,25,29)/t13-,14+. The monoisotopic (exact) mass is 405 g/mol. The second kappa shape index (κ2) is 7.46. The highest BCUT2D eigenvalue weighted by Crippen LogP contribution is 2.30. The predicted molar refractivity (Wildman–Crippen MR) is 103 cm³/mol. The first-order chi connectivity index (χ1) is 13.8. The summed E-state index contributed by atoms with van der Waals surface area (Å²) < 4.78 is 42.1. The first kappa shape index (κ1) is 19.4. The summed E-state index contributed by atoms with van der Waals surface area (Å²) in [6.07, 6.45) is 1.62. The number of carbonyl (C=O) groups is 1. The van der Waals surface area contributed by atoms with Crippen molar-refractivity contribution in [3.63, 3.8) is 0 Å². The molecule has 0 spiro atoms. The molecule has 3 aromatic heterocycles. The second-order valence-corrected chi connectivity index (χ2v) is 7.43. The summed E-state index contributed by atoms with van der Waals surface area (Å²) in [6.45, 7) is 0. The van der Waals surface area contributed by atoms with Crippen molar-refractivity contribution in [1.82, 2.24) is 19.3 Å². The number of nitrogens with one attached hydrogen (secondary N) is 2. The van der Waals surface area contributed by atoms with Crippen LogP contribution in [-0.4, -0.2) is 31.9 Å². The normalized spacial score (nSPS) is 20.0. The van der Waals surface area contributed by atoms with Crippen LogP contribution < -0.4 is 10.6 Å². The van der Waals surface area contributed by atoms with E-state index in [4.69, 9.17) is 0 Å². The Kier molecular flexibility index (Phi) is 4.97. The summed E-state index contributed by atoms with van der Waals surface area (Å²) in [4.78, 5) is 16.0. The van der Waals surface area contributed by atoms with E-state index in [1.165, 1.54) is 4.40 Å². The number of alkyl halides is 3. The van der Waals surface area contributed by atoms with Gasteiger partial charge < -0.3 is 15.2 Å². The van der Waals surface area contributed by atoms with Gasteiger partial charge in [0.25, 0.3) is 5.91 Å². The van der Waals surface area contributed by atoms with Crippen molar-refractivity contribution in [3.05, 3.63) is 54.1 Å². The molecular weight excluding hydrogens is 383 g/mol. The maximum Gasteiger partial charge on any atom is 0.434 e. The summed E-state index contributed by atoms with van der Waals surface area (Å²) in [7, 11) is 1.83. The van der Waals surface area contributed by atoms with E-state index in [2.05, 4.69) is 15.6 Å². The largest absolute Gasteiger partial charge is 0.434 e. The maximum atomic E-state index is 13.0. The van der Waals surface area contributed by atoms with E-state index >= 15 is 0 Å². The fourth-order valence-corrected chi connectivity index (χ4v) is 3.81. The Balaban J connectivity index is 1.38. The van der Waals surface area contributed by atoms with Crippen LogP contribution in [0.3, 0.4) is 0 Å². The molecule has 0 radical (unpaired) electrons. The lowest BCUT2D eigenvalue weighted by atomic mass is 9.91. The van der Waals surface area contributed by atoms with Gasteiger partial charge in [-0.2, -0.15) is 13.2 Å². The number of nitrogens with zero attached hydrogens (tertiary/aromatic N) is 3. The summed E-state index contributed by atoms with van der Waals surface area (Å²) in [5.74, 6) is 0.499. The van der Waals surface area contributed by atoms with Crippen LogP contribution in [0.5, 0.6) is 0 Å². The van der Waals surface area contributed by atoms with Gasteiger partial charge in [-0.1, -0.05) is 6.07 Å². The molecule has 1 saturated carbocycles. The molecule has 29 heavy (non-hydrogen) atoms. The minimum absolute atomic E-state index is 0.0863. The van der Waals surface area contributed by atoms with Gasteiger partial charge in [-0.15, -0.1) is 0 Å². The van der Waals surface area contributed by atoms with E-state index in [0.29, 0.717) is 11.5 Å². The van der Waals surface area contributed by atoms with E-state index in [1.807, 2.05) is 19.3 Å². The lowest BCUT2D eigenvalue weighted by molar-refractivity contribution is -0.140. The molecular formula is C20H22F3N5O. The van der Waals surface area contributed by atoms with Gasteiger partial charge in [0.1, 0.15) is 17.2 Å². The molecule has 0 atom stereocenters.